The zero-order valence-corrected chi connectivity index (χ0v) is 13.4. The van der Waals surface area contributed by atoms with E-state index in [-0.39, 0.29) is 0 Å². The number of rotatable bonds is 2. The van der Waals surface area contributed by atoms with Crippen LogP contribution >= 0.6 is 11.3 Å². The first kappa shape index (κ1) is 14.4. The summed E-state index contributed by atoms with van der Waals surface area (Å²) < 4.78 is 5.87. The molecule has 1 aromatic carbocycles. The second-order valence-corrected chi connectivity index (χ2v) is 7.22. The van der Waals surface area contributed by atoms with Gasteiger partial charge in [-0.3, -0.25) is 4.90 Å². The third kappa shape index (κ3) is 2.61. The van der Waals surface area contributed by atoms with E-state index >= 15 is 0 Å². The molecule has 2 aliphatic heterocycles. The molecule has 2 aliphatic rings. The van der Waals surface area contributed by atoms with Crippen LogP contribution in [0.5, 0.6) is 0 Å². The number of morpholine rings is 1. The Hall–Kier alpha value is -1.20. The zero-order chi connectivity index (χ0) is 15.0. The van der Waals surface area contributed by atoms with Crippen LogP contribution in [0.3, 0.4) is 0 Å². The topological polar surface area (TPSA) is 32.7 Å². The molecule has 2 aromatic rings. The summed E-state index contributed by atoms with van der Waals surface area (Å²) in [4.78, 5) is 3.64. The van der Waals surface area contributed by atoms with Gasteiger partial charge in [-0.1, -0.05) is 36.8 Å². The highest BCUT2D eigenvalue weighted by molar-refractivity contribution is 7.13. The minimum atomic E-state index is -1.16. The van der Waals surface area contributed by atoms with Crippen molar-refractivity contribution in [3.63, 3.8) is 0 Å². The number of ether oxygens (including phenoxy) is 1. The number of nitrogens with zero attached hydrogens (tertiary/aromatic N) is 1. The number of thiophene rings is 1. The average Bonchev–Trinajstić information content (AvgIpc) is 3.09. The van der Waals surface area contributed by atoms with Crippen LogP contribution in [0.2, 0.25) is 0 Å². The van der Waals surface area contributed by atoms with Gasteiger partial charge in [-0.25, -0.2) is 0 Å². The van der Waals surface area contributed by atoms with Crippen LogP contribution in [0.25, 0.3) is 10.4 Å². The van der Waals surface area contributed by atoms with Crippen molar-refractivity contribution in [2.24, 2.45) is 0 Å². The van der Waals surface area contributed by atoms with E-state index in [0.717, 1.165) is 12.1 Å². The highest BCUT2D eigenvalue weighted by atomic mass is 32.1. The third-order valence-electron chi connectivity index (χ3n) is 4.82. The molecule has 4 heteroatoms. The minimum absolute atomic E-state index is 0.486. The maximum absolute atomic E-state index is 10.9. The van der Waals surface area contributed by atoms with Gasteiger partial charge in [0.1, 0.15) is 0 Å². The summed E-state index contributed by atoms with van der Waals surface area (Å²) in [6.45, 7) is 2.28. The maximum Gasteiger partial charge on any atom is 0.205 e. The summed E-state index contributed by atoms with van der Waals surface area (Å²) in [5.74, 6) is -1.16. The molecule has 3 nitrogen and oxygen atoms in total. The molecule has 0 spiro atoms. The van der Waals surface area contributed by atoms with E-state index < -0.39 is 5.79 Å². The van der Waals surface area contributed by atoms with Crippen LogP contribution in [0.15, 0.2) is 41.8 Å². The van der Waals surface area contributed by atoms with E-state index in [1.807, 2.05) is 12.1 Å². The van der Waals surface area contributed by atoms with Crippen molar-refractivity contribution < 1.29 is 9.84 Å². The smallest absolute Gasteiger partial charge is 0.205 e. The van der Waals surface area contributed by atoms with Crippen molar-refractivity contribution in [2.45, 2.75) is 31.1 Å². The third-order valence-corrected chi connectivity index (χ3v) is 5.74. The summed E-state index contributed by atoms with van der Waals surface area (Å²) in [5, 5.41) is 13.0. The van der Waals surface area contributed by atoms with E-state index in [1.165, 1.54) is 29.7 Å². The van der Waals surface area contributed by atoms with Gasteiger partial charge in [-0.2, -0.15) is 0 Å². The van der Waals surface area contributed by atoms with Crippen molar-refractivity contribution in [1.82, 2.24) is 4.90 Å². The first-order valence-electron chi connectivity index (χ1n) is 7.99. The van der Waals surface area contributed by atoms with Gasteiger partial charge in [0.2, 0.25) is 5.79 Å². The quantitative estimate of drug-likeness (QED) is 0.921. The fourth-order valence-corrected chi connectivity index (χ4v) is 4.26. The lowest BCUT2D eigenvalue weighted by atomic mass is 9.96. The minimum Gasteiger partial charge on any atom is -0.361 e. The summed E-state index contributed by atoms with van der Waals surface area (Å²) >= 11 is 1.73. The second-order valence-electron chi connectivity index (χ2n) is 6.27. The van der Waals surface area contributed by atoms with Crippen molar-refractivity contribution in [3.05, 3.63) is 47.3 Å². The molecule has 1 N–H and O–H groups in total. The highest BCUT2D eigenvalue weighted by Gasteiger charge is 2.41. The number of hydrogen-bond acceptors (Lipinski definition) is 4. The van der Waals surface area contributed by atoms with Gasteiger partial charge in [-0.15, -0.1) is 11.3 Å². The van der Waals surface area contributed by atoms with Gasteiger partial charge in [0, 0.05) is 16.5 Å². The van der Waals surface area contributed by atoms with E-state index in [0.29, 0.717) is 19.2 Å². The Morgan fingerprint density at radius 1 is 1.18 bits per heavy atom. The highest BCUT2D eigenvalue weighted by Crippen LogP contribution is 2.34. The lowest BCUT2D eigenvalue weighted by Gasteiger charge is -2.46. The van der Waals surface area contributed by atoms with Crippen LogP contribution in [0, 0.1) is 0 Å². The number of benzene rings is 1. The summed E-state index contributed by atoms with van der Waals surface area (Å²) in [6.07, 6.45) is 3.69. The molecule has 0 amide bonds. The van der Waals surface area contributed by atoms with Crippen LogP contribution in [0.1, 0.15) is 24.8 Å². The van der Waals surface area contributed by atoms with Gasteiger partial charge < -0.3 is 9.84 Å². The summed E-state index contributed by atoms with van der Waals surface area (Å²) in [6, 6.07) is 12.8. The SMILES string of the molecule is OC1(c2ccc(-c3cccs3)cc2)CN2CCCCC2CO1. The Morgan fingerprint density at radius 3 is 2.82 bits per heavy atom. The first-order valence-corrected chi connectivity index (χ1v) is 8.87. The van der Waals surface area contributed by atoms with Gasteiger partial charge in [-0.05, 0) is 36.4 Å². The second kappa shape index (κ2) is 5.78. The molecule has 2 unspecified atom stereocenters. The molecule has 3 heterocycles. The molecular weight excluding hydrogens is 294 g/mol. The Morgan fingerprint density at radius 2 is 2.05 bits per heavy atom. The molecule has 0 aliphatic carbocycles. The van der Waals surface area contributed by atoms with E-state index in [4.69, 9.17) is 4.74 Å². The van der Waals surface area contributed by atoms with Crippen LogP contribution in [0.4, 0.5) is 0 Å². The number of aliphatic hydroxyl groups is 1. The normalized spacial score (nSPS) is 29.2. The van der Waals surface area contributed by atoms with Gasteiger partial charge in [0.05, 0.1) is 13.2 Å². The molecular formula is C18H21NO2S. The Balaban J connectivity index is 1.55. The molecule has 116 valence electrons. The number of piperidine rings is 1. The molecule has 2 atom stereocenters. The molecule has 2 fully saturated rings. The average molecular weight is 315 g/mol. The van der Waals surface area contributed by atoms with Crippen molar-refractivity contribution in [2.75, 3.05) is 19.7 Å². The van der Waals surface area contributed by atoms with E-state index in [1.54, 1.807) is 11.3 Å². The Kier molecular flexibility index (Phi) is 3.78. The summed E-state index contributed by atoms with van der Waals surface area (Å²) in [5.41, 5.74) is 2.05. The molecule has 1 aromatic heterocycles. The van der Waals surface area contributed by atoms with Crippen LogP contribution < -0.4 is 0 Å². The standard InChI is InChI=1S/C18H21NO2S/c20-18(13-19-10-2-1-4-16(19)12-21-18)15-8-6-14(7-9-15)17-5-3-11-22-17/h3,5-9,11,16,20H,1-2,4,10,12-13H2. The van der Waals surface area contributed by atoms with Crippen LogP contribution in [-0.4, -0.2) is 35.7 Å². The van der Waals surface area contributed by atoms with Crippen molar-refractivity contribution in [1.29, 1.82) is 0 Å². The Labute approximate surface area is 135 Å². The largest absolute Gasteiger partial charge is 0.361 e. The lowest BCUT2D eigenvalue weighted by molar-refractivity contribution is -0.264. The zero-order valence-electron chi connectivity index (χ0n) is 12.6. The maximum atomic E-state index is 10.9. The first-order chi connectivity index (χ1) is 10.7. The van der Waals surface area contributed by atoms with Gasteiger partial charge in [0.15, 0.2) is 0 Å². The van der Waals surface area contributed by atoms with Gasteiger partial charge >= 0.3 is 0 Å². The monoisotopic (exact) mass is 315 g/mol. The summed E-state index contributed by atoms with van der Waals surface area (Å²) in [7, 11) is 0. The molecule has 0 radical (unpaired) electrons. The molecule has 22 heavy (non-hydrogen) atoms. The fraction of sp³-hybridized carbons (Fsp3) is 0.444. The van der Waals surface area contributed by atoms with Crippen molar-refractivity contribution >= 4 is 11.3 Å². The van der Waals surface area contributed by atoms with Gasteiger partial charge in [0.25, 0.3) is 0 Å². The van der Waals surface area contributed by atoms with E-state index in [2.05, 4.69) is 34.5 Å². The Bertz CT molecular complexity index is 625. The lowest BCUT2D eigenvalue weighted by Crippen LogP contribution is -2.56. The van der Waals surface area contributed by atoms with Crippen LogP contribution in [-0.2, 0) is 10.5 Å². The molecule has 0 bridgehead atoms. The molecule has 0 saturated carbocycles. The predicted molar refractivity (Wildman–Crippen MR) is 88.8 cm³/mol. The molecule has 4 rings (SSSR count). The number of hydrogen-bond donors (Lipinski definition) is 1. The predicted octanol–water partition coefficient (Wildman–Crippen LogP) is 3.44. The fourth-order valence-electron chi connectivity index (χ4n) is 3.52. The molecule has 2 saturated heterocycles. The van der Waals surface area contributed by atoms with Crippen molar-refractivity contribution in [3.8, 4) is 10.4 Å². The van der Waals surface area contributed by atoms with E-state index in [9.17, 15) is 5.11 Å². The number of fused-ring (bicyclic) bond motifs is 1.